The first-order valence-corrected chi connectivity index (χ1v) is 12.0. The monoisotopic (exact) mass is 496 g/mol. The van der Waals surface area contributed by atoms with Crippen LogP contribution in [0.5, 0.6) is 5.75 Å². The van der Waals surface area contributed by atoms with Crippen LogP contribution in [0.2, 0.25) is 0 Å². The Morgan fingerprint density at radius 3 is 2.46 bits per heavy atom. The first-order valence-electron chi connectivity index (χ1n) is 12.0. The lowest BCUT2D eigenvalue weighted by atomic mass is 9.85. The van der Waals surface area contributed by atoms with Crippen LogP contribution >= 0.6 is 0 Å². The molecule has 8 nitrogen and oxygen atoms in total. The van der Waals surface area contributed by atoms with Crippen LogP contribution in [0.4, 0.5) is 5.95 Å². The molecule has 4 aromatic rings. The molecule has 1 aliphatic heterocycles. The molecule has 188 valence electrons. The normalized spacial score (nSPS) is 17.5. The molecule has 2 aromatic heterocycles. The summed E-state index contributed by atoms with van der Waals surface area (Å²) in [6.45, 7) is 8.12. The second-order valence-electron chi connectivity index (χ2n) is 10.2. The SMILES string of the molecule is COc1ccc(C(C)(C)C)cc1/C(O)=C1\C(=O)C(=O)N(c2nc3ccc(C)cc3[nH]2)C1c1ccncc1. The van der Waals surface area contributed by atoms with Crippen LogP contribution in [0.1, 0.15) is 49.1 Å². The van der Waals surface area contributed by atoms with Crippen molar-refractivity contribution >= 4 is 34.4 Å². The molecule has 37 heavy (non-hydrogen) atoms. The van der Waals surface area contributed by atoms with Gasteiger partial charge in [0.1, 0.15) is 11.5 Å². The Bertz CT molecular complexity index is 1560. The van der Waals surface area contributed by atoms with Crippen molar-refractivity contribution in [1.82, 2.24) is 15.0 Å². The molecule has 1 unspecified atom stereocenters. The van der Waals surface area contributed by atoms with Gasteiger partial charge in [-0.25, -0.2) is 4.98 Å². The molecule has 1 atom stereocenters. The first kappa shape index (κ1) is 24.2. The molecule has 0 radical (unpaired) electrons. The van der Waals surface area contributed by atoms with Gasteiger partial charge in [0.15, 0.2) is 0 Å². The predicted molar refractivity (Wildman–Crippen MR) is 142 cm³/mol. The highest BCUT2D eigenvalue weighted by atomic mass is 16.5. The number of methoxy groups -OCH3 is 1. The summed E-state index contributed by atoms with van der Waals surface area (Å²) in [5.41, 5.74) is 4.06. The number of hydrogen-bond donors (Lipinski definition) is 2. The van der Waals surface area contributed by atoms with Crippen LogP contribution in [0.25, 0.3) is 16.8 Å². The van der Waals surface area contributed by atoms with Gasteiger partial charge < -0.3 is 14.8 Å². The number of aliphatic hydroxyl groups is 1. The number of rotatable bonds is 4. The Balaban J connectivity index is 1.75. The lowest BCUT2D eigenvalue weighted by Gasteiger charge is -2.24. The van der Waals surface area contributed by atoms with Crippen molar-refractivity contribution in [1.29, 1.82) is 0 Å². The first-order chi connectivity index (χ1) is 17.6. The van der Waals surface area contributed by atoms with Gasteiger partial charge in [-0.1, -0.05) is 32.9 Å². The molecule has 2 aromatic carbocycles. The second kappa shape index (κ2) is 8.89. The zero-order chi connectivity index (χ0) is 26.5. The maximum Gasteiger partial charge on any atom is 0.302 e. The topological polar surface area (TPSA) is 108 Å². The number of anilines is 1. The fraction of sp³-hybridized carbons (Fsp3) is 0.241. The minimum Gasteiger partial charge on any atom is -0.507 e. The molecular weight excluding hydrogens is 468 g/mol. The Morgan fingerprint density at radius 1 is 1.05 bits per heavy atom. The smallest absolute Gasteiger partial charge is 0.302 e. The maximum absolute atomic E-state index is 13.5. The van der Waals surface area contributed by atoms with Gasteiger partial charge in [-0.2, -0.15) is 0 Å². The summed E-state index contributed by atoms with van der Waals surface area (Å²) in [6, 6.07) is 13.7. The number of aryl methyl sites for hydroxylation is 1. The van der Waals surface area contributed by atoms with Gasteiger partial charge >= 0.3 is 5.91 Å². The average Bonchev–Trinajstić information content (AvgIpc) is 3.40. The predicted octanol–water partition coefficient (Wildman–Crippen LogP) is 5.20. The van der Waals surface area contributed by atoms with Crippen LogP contribution in [0, 0.1) is 6.92 Å². The number of Topliss-reactive ketones (excluding diaryl/α,β-unsaturated/α-hetero) is 1. The molecule has 5 rings (SSSR count). The summed E-state index contributed by atoms with van der Waals surface area (Å²) in [4.78, 5) is 40.2. The number of H-pyrrole nitrogens is 1. The van der Waals surface area contributed by atoms with E-state index in [0.29, 0.717) is 22.4 Å². The number of benzene rings is 2. The summed E-state index contributed by atoms with van der Waals surface area (Å²) in [7, 11) is 1.50. The average molecular weight is 497 g/mol. The van der Waals surface area contributed by atoms with E-state index in [1.165, 1.54) is 12.0 Å². The molecule has 1 saturated heterocycles. The minimum absolute atomic E-state index is 0.0443. The Kier molecular flexibility index (Phi) is 5.82. The van der Waals surface area contributed by atoms with Crippen molar-refractivity contribution in [3.05, 3.63) is 88.8 Å². The quantitative estimate of drug-likeness (QED) is 0.228. The van der Waals surface area contributed by atoms with Crippen molar-refractivity contribution < 1.29 is 19.4 Å². The summed E-state index contributed by atoms with van der Waals surface area (Å²) in [5.74, 6) is -1.29. The van der Waals surface area contributed by atoms with Crippen LogP contribution in [-0.4, -0.2) is 38.9 Å². The van der Waals surface area contributed by atoms with E-state index in [1.54, 1.807) is 36.7 Å². The molecule has 0 spiro atoms. The van der Waals surface area contributed by atoms with Gasteiger partial charge in [-0.3, -0.25) is 19.5 Å². The third kappa shape index (κ3) is 4.14. The number of carbonyl (C=O) groups is 2. The number of aromatic nitrogens is 3. The van der Waals surface area contributed by atoms with E-state index < -0.39 is 17.7 Å². The zero-order valence-corrected chi connectivity index (χ0v) is 21.4. The van der Waals surface area contributed by atoms with E-state index >= 15 is 0 Å². The third-order valence-corrected chi connectivity index (χ3v) is 6.64. The van der Waals surface area contributed by atoms with Crippen LogP contribution < -0.4 is 9.64 Å². The van der Waals surface area contributed by atoms with Gasteiger partial charge in [0, 0.05) is 12.4 Å². The minimum atomic E-state index is -0.923. The summed E-state index contributed by atoms with van der Waals surface area (Å²) in [6.07, 6.45) is 3.16. The number of nitrogens with one attached hydrogen (secondary N) is 1. The molecule has 0 aliphatic carbocycles. The summed E-state index contributed by atoms with van der Waals surface area (Å²) >= 11 is 0. The van der Waals surface area contributed by atoms with Crippen molar-refractivity contribution in [2.45, 2.75) is 39.2 Å². The summed E-state index contributed by atoms with van der Waals surface area (Å²) in [5, 5.41) is 11.6. The van der Waals surface area contributed by atoms with Gasteiger partial charge in [-0.15, -0.1) is 0 Å². The van der Waals surface area contributed by atoms with Gasteiger partial charge in [0.05, 0.1) is 35.3 Å². The number of imidazole rings is 1. The number of fused-ring (bicyclic) bond motifs is 1. The van der Waals surface area contributed by atoms with Crippen molar-refractivity contribution in [2.24, 2.45) is 0 Å². The molecule has 3 heterocycles. The molecule has 1 fully saturated rings. The van der Waals surface area contributed by atoms with Gasteiger partial charge in [0.2, 0.25) is 5.95 Å². The van der Waals surface area contributed by atoms with Crippen LogP contribution in [0.15, 0.2) is 66.5 Å². The zero-order valence-electron chi connectivity index (χ0n) is 21.4. The number of ether oxygens (including phenoxy) is 1. The Morgan fingerprint density at radius 2 is 1.78 bits per heavy atom. The Labute approximate surface area is 214 Å². The lowest BCUT2D eigenvalue weighted by molar-refractivity contribution is -0.132. The highest BCUT2D eigenvalue weighted by molar-refractivity contribution is 6.51. The van der Waals surface area contributed by atoms with Crippen LogP contribution in [0.3, 0.4) is 0 Å². The van der Waals surface area contributed by atoms with E-state index in [1.807, 2.05) is 31.2 Å². The van der Waals surface area contributed by atoms with E-state index in [9.17, 15) is 14.7 Å². The fourth-order valence-electron chi connectivity index (χ4n) is 4.64. The molecule has 1 aliphatic rings. The van der Waals surface area contributed by atoms with Crippen molar-refractivity contribution in [3.63, 3.8) is 0 Å². The number of aromatic amines is 1. The number of carbonyl (C=O) groups excluding carboxylic acids is 2. The number of aliphatic hydroxyl groups excluding tert-OH is 1. The van der Waals surface area contributed by atoms with Crippen molar-refractivity contribution in [3.8, 4) is 5.75 Å². The fourth-order valence-corrected chi connectivity index (χ4v) is 4.64. The molecule has 2 N–H and O–H groups in total. The molecule has 8 heteroatoms. The van der Waals surface area contributed by atoms with E-state index in [4.69, 9.17) is 4.74 Å². The van der Waals surface area contributed by atoms with Gasteiger partial charge in [0.25, 0.3) is 5.78 Å². The molecule has 0 saturated carbocycles. The van der Waals surface area contributed by atoms with Crippen LogP contribution in [-0.2, 0) is 15.0 Å². The number of ketones is 1. The largest absolute Gasteiger partial charge is 0.507 e. The number of nitrogens with zero attached hydrogens (tertiary/aromatic N) is 3. The highest BCUT2D eigenvalue weighted by Gasteiger charge is 2.48. The van der Waals surface area contributed by atoms with Crippen molar-refractivity contribution in [2.75, 3.05) is 12.0 Å². The molecular formula is C29H28N4O4. The maximum atomic E-state index is 13.5. The number of hydrogen-bond acceptors (Lipinski definition) is 6. The number of pyridine rings is 1. The molecule has 1 amide bonds. The second-order valence-corrected chi connectivity index (χ2v) is 10.2. The number of amides is 1. The highest BCUT2D eigenvalue weighted by Crippen LogP contribution is 2.43. The Hall–Kier alpha value is -4.46. The lowest BCUT2D eigenvalue weighted by Crippen LogP contribution is -2.30. The van der Waals surface area contributed by atoms with E-state index in [0.717, 1.165) is 16.6 Å². The van der Waals surface area contributed by atoms with E-state index in [2.05, 4.69) is 35.7 Å². The van der Waals surface area contributed by atoms with Gasteiger partial charge in [-0.05, 0) is 65.4 Å². The van der Waals surface area contributed by atoms with E-state index in [-0.39, 0.29) is 22.7 Å². The summed E-state index contributed by atoms with van der Waals surface area (Å²) < 4.78 is 5.53. The standard InChI is InChI=1S/C29H28N4O4/c1-16-6-8-20-21(14-16)32-28(31-20)33-24(17-10-12-30-13-11-17)23(26(35)27(33)36)25(34)19-15-18(29(2,3)4)7-9-22(19)37-5/h6-15,24,34H,1-5H3,(H,31,32)/b25-23+. The molecule has 0 bridgehead atoms. The third-order valence-electron chi connectivity index (χ3n) is 6.64.